The first-order valence-corrected chi connectivity index (χ1v) is 7.17. The summed E-state index contributed by atoms with van der Waals surface area (Å²) in [5, 5.41) is 3.11. The molecule has 0 radical (unpaired) electrons. The predicted molar refractivity (Wildman–Crippen MR) is 85.9 cm³/mol. The van der Waals surface area contributed by atoms with Gasteiger partial charge in [0.1, 0.15) is 11.6 Å². The number of piperidine rings is 1. The second-order valence-electron chi connectivity index (χ2n) is 5.32. The molecule has 1 saturated heterocycles. The number of nitrogens with one attached hydrogen (secondary N) is 1. The summed E-state index contributed by atoms with van der Waals surface area (Å²) in [7, 11) is 1.89. The third-order valence-corrected chi connectivity index (χ3v) is 3.72. The summed E-state index contributed by atoms with van der Waals surface area (Å²) in [6.07, 6.45) is 4.52. The van der Waals surface area contributed by atoms with Crippen molar-refractivity contribution < 1.29 is 13.6 Å². The Bertz CT molecular complexity index is 515. The highest BCUT2D eigenvalue weighted by Crippen LogP contribution is 2.17. The van der Waals surface area contributed by atoms with Gasteiger partial charge >= 0.3 is 0 Å². The van der Waals surface area contributed by atoms with Crippen LogP contribution in [0.25, 0.3) is 6.08 Å². The molecular weight excluding hydrogens is 310 g/mol. The van der Waals surface area contributed by atoms with Crippen LogP contribution in [0.5, 0.6) is 0 Å². The molecule has 0 aliphatic carbocycles. The molecule has 1 aliphatic heterocycles. The van der Waals surface area contributed by atoms with Gasteiger partial charge in [-0.15, -0.1) is 12.4 Å². The van der Waals surface area contributed by atoms with E-state index in [1.165, 1.54) is 30.4 Å². The van der Waals surface area contributed by atoms with Gasteiger partial charge in [-0.05, 0) is 50.6 Å². The highest BCUT2D eigenvalue weighted by molar-refractivity contribution is 5.91. The van der Waals surface area contributed by atoms with E-state index in [2.05, 4.69) is 5.32 Å². The first-order valence-electron chi connectivity index (χ1n) is 7.17. The summed E-state index contributed by atoms with van der Waals surface area (Å²) >= 11 is 0. The maximum Gasteiger partial charge on any atom is 0.246 e. The number of rotatable bonds is 4. The second kappa shape index (κ2) is 8.86. The fraction of sp³-hybridized carbons (Fsp3) is 0.438. The molecule has 0 aromatic heterocycles. The third kappa shape index (κ3) is 4.78. The zero-order chi connectivity index (χ0) is 15.2. The van der Waals surface area contributed by atoms with Gasteiger partial charge in [0.05, 0.1) is 0 Å². The number of carbonyl (C=O) groups is 1. The van der Waals surface area contributed by atoms with Crippen molar-refractivity contribution in [1.29, 1.82) is 0 Å². The van der Waals surface area contributed by atoms with E-state index in [9.17, 15) is 13.6 Å². The first-order chi connectivity index (χ1) is 10.1. The standard InChI is InChI=1S/C16H20F2N2O.ClH/c1-19-10-12-4-3-9-20(11-12)16(21)8-7-13-14(17)5-2-6-15(13)18;/h2,5-8,12,19H,3-4,9-11H2,1H3;1H. The minimum Gasteiger partial charge on any atom is -0.339 e. The number of nitrogens with zero attached hydrogens (tertiary/aromatic N) is 1. The van der Waals surface area contributed by atoms with Crippen molar-refractivity contribution in [3.05, 3.63) is 41.5 Å². The Hall–Kier alpha value is -1.46. The van der Waals surface area contributed by atoms with Crippen LogP contribution < -0.4 is 5.32 Å². The van der Waals surface area contributed by atoms with Gasteiger partial charge in [0.15, 0.2) is 0 Å². The van der Waals surface area contributed by atoms with Crippen molar-refractivity contribution in [3.8, 4) is 0 Å². The summed E-state index contributed by atoms with van der Waals surface area (Å²) < 4.78 is 27.0. The van der Waals surface area contributed by atoms with E-state index in [1.54, 1.807) is 4.90 Å². The molecule has 0 saturated carbocycles. The fourth-order valence-electron chi connectivity index (χ4n) is 2.65. The lowest BCUT2D eigenvalue weighted by Crippen LogP contribution is -2.41. The maximum absolute atomic E-state index is 13.5. The number of halogens is 3. The summed E-state index contributed by atoms with van der Waals surface area (Å²) in [6, 6.07) is 3.66. The van der Waals surface area contributed by atoms with Gasteiger partial charge in [-0.25, -0.2) is 8.78 Å². The Morgan fingerprint density at radius 2 is 2.09 bits per heavy atom. The predicted octanol–water partition coefficient (Wildman–Crippen LogP) is 2.86. The average molecular weight is 331 g/mol. The molecule has 0 spiro atoms. The molecule has 122 valence electrons. The molecule has 22 heavy (non-hydrogen) atoms. The molecule has 1 unspecified atom stereocenters. The van der Waals surface area contributed by atoms with E-state index in [1.807, 2.05) is 7.05 Å². The van der Waals surface area contributed by atoms with Gasteiger partial charge in [-0.1, -0.05) is 6.07 Å². The lowest BCUT2D eigenvalue weighted by atomic mass is 9.98. The molecule has 1 heterocycles. The average Bonchev–Trinajstić information content (AvgIpc) is 2.47. The quantitative estimate of drug-likeness (QED) is 0.861. The Balaban J connectivity index is 0.00000242. The molecule has 2 rings (SSSR count). The van der Waals surface area contributed by atoms with Crippen LogP contribution in [0, 0.1) is 17.6 Å². The minimum atomic E-state index is -0.661. The van der Waals surface area contributed by atoms with Crippen LogP contribution in [0.1, 0.15) is 18.4 Å². The van der Waals surface area contributed by atoms with E-state index in [0.717, 1.165) is 19.4 Å². The fourth-order valence-corrected chi connectivity index (χ4v) is 2.65. The third-order valence-electron chi connectivity index (χ3n) is 3.72. The van der Waals surface area contributed by atoms with E-state index < -0.39 is 11.6 Å². The van der Waals surface area contributed by atoms with Gasteiger partial charge in [-0.3, -0.25) is 4.79 Å². The lowest BCUT2D eigenvalue weighted by molar-refractivity contribution is -0.127. The summed E-state index contributed by atoms with van der Waals surface area (Å²) in [6.45, 7) is 2.25. The second-order valence-corrected chi connectivity index (χ2v) is 5.32. The molecule has 1 aromatic carbocycles. The van der Waals surface area contributed by atoms with Crippen LogP contribution in [0.2, 0.25) is 0 Å². The van der Waals surface area contributed by atoms with Gasteiger partial charge in [0.2, 0.25) is 5.91 Å². The topological polar surface area (TPSA) is 32.3 Å². The van der Waals surface area contributed by atoms with Crippen molar-refractivity contribution >= 4 is 24.4 Å². The smallest absolute Gasteiger partial charge is 0.246 e. The molecule has 1 atom stereocenters. The highest BCUT2D eigenvalue weighted by atomic mass is 35.5. The zero-order valence-electron chi connectivity index (χ0n) is 12.5. The molecule has 3 nitrogen and oxygen atoms in total. The van der Waals surface area contributed by atoms with Crippen molar-refractivity contribution in [2.24, 2.45) is 5.92 Å². The van der Waals surface area contributed by atoms with Gasteiger partial charge < -0.3 is 10.2 Å². The SMILES string of the molecule is CNCC1CCCN(C(=O)C=Cc2c(F)cccc2F)C1.Cl. The summed E-state index contributed by atoms with van der Waals surface area (Å²) in [5.74, 6) is -1.08. The number of hydrogen-bond acceptors (Lipinski definition) is 2. The van der Waals surface area contributed by atoms with Crippen molar-refractivity contribution in [2.75, 3.05) is 26.7 Å². The lowest BCUT2D eigenvalue weighted by Gasteiger charge is -2.32. The number of likely N-dealkylation sites (tertiary alicyclic amines) is 1. The molecule has 1 aliphatic rings. The normalized spacial score (nSPS) is 18.3. The molecular formula is C16H21ClF2N2O. The van der Waals surface area contributed by atoms with E-state index in [0.29, 0.717) is 19.0 Å². The van der Waals surface area contributed by atoms with Crippen LogP contribution in [0.15, 0.2) is 24.3 Å². The van der Waals surface area contributed by atoms with Crippen LogP contribution in [-0.2, 0) is 4.79 Å². The molecule has 0 bridgehead atoms. The van der Waals surface area contributed by atoms with Crippen LogP contribution in [0.4, 0.5) is 8.78 Å². The molecule has 1 amide bonds. The number of amides is 1. The van der Waals surface area contributed by atoms with Gasteiger partial charge in [-0.2, -0.15) is 0 Å². The number of hydrogen-bond donors (Lipinski definition) is 1. The van der Waals surface area contributed by atoms with Crippen LogP contribution in [0.3, 0.4) is 0 Å². The summed E-state index contributed by atoms with van der Waals surface area (Å²) in [5.41, 5.74) is -0.172. The van der Waals surface area contributed by atoms with Crippen molar-refractivity contribution in [2.45, 2.75) is 12.8 Å². The van der Waals surface area contributed by atoms with E-state index in [-0.39, 0.29) is 23.9 Å². The molecule has 6 heteroatoms. The van der Waals surface area contributed by atoms with Crippen molar-refractivity contribution in [1.82, 2.24) is 10.2 Å². The maximum atomic E-state index is 13.5. The number of benzene rings is 1. The Kier molecular flexibility index (Phi) is 7.48. The Labute approximate surface area is 135 Å². The van der Waals surface area contributed by atoms with Crippen LogP contribution >= 0.6 is 12.4 Å². The highest BCUT2D eigenvalue weighted by Gasteiger charge is 2.21. The molecule has 1 N–H and O–H groups in total. The monoisotopic (exact) mass is 330 g/mol. The van der Waals surface area contributed by atoms with Crippen molar-refractivity contribution in [3.63, 3.8) is 0 Å². The summed E-state index contributed by atoms with van der Waals surface area (Å²) in [4.78, 5) is 13.9. The Morgan fingerprint density at radius 1 is 1.41 bits per heavy atom. The minimum absolute atomic E-state index is 0. The molecule has 1 fully saturated rings. The molecule has 1 aromatic rings. The van der Waals surface area contributed by atoms with Gasteiger partial charge in [0, 0.05) is 24.7 Å². The van der Waals surface area contributed by atoms with E-state index >= 15 is 0 Å². The van der Waals surface area contributed by atoms with Gasteiger partial charge in [0.25, 0.3) is 0 Å². The van der Waals surface area contributed by atoms with Crippen LogP contribution in [-0.4, -0.2) is 37.5 Å². The zero-order valence-corrected chi connectivity index (χ0v) is 13.3. The largest absolute Gasteiger partial charge is 0.339 e. The Morgan fingerprint density at radius 3 is 2.73 bits per heavy atom. The van der Waals surface area contributed by atoms with E-state index in [4.69, 9.17) is 0 Å². The first kappa shape index (κ1) is 18.6. The number of carbonyl (C=O) groups excluding carboxylic acids is 1.